The van der Waals surface area contributed by atoms with E-state index in [1.165, 1.54) is 0 Å². The van der Waals surface area contributed by atoms with Gasteiger partial charge in [-0.2, -0.15) is 0 Å². The summed E-state index contributed by atoms with van der Waals surface area (Å²) in [5, 5.41) is 3.47. The number of amides is 1. The van der Waals surface area contributed by atoms with Gasteiger partial charge in [-0.25, -0.2) is 0 Å². The average Bonchev–Trinajstić information content (AvgIpc) is 2.51. The molecule has 1 aliphatic heterocycles. The number of amidine groups is 1. The molecule has 0 fully saturated rings. The van der Waals surface area contributed by atoms with Gasteiger partial charge in [-0.3, -0.25) is 9.79 Å². The number of hydrogen-bond acceptors (Lipinski definition) is 5. The van der Waals surface area contributed by atoms with Crippen LogP contribution in [0.2, 0.25) is 0 Å². The maximum absolute atomic E-state index is 12.0. The zero-order valence-electron chi connectivity index (χ0n) is 13.1. The molecule has 6 heteroatoms. The Labute approximate surface area is 135 Å². The van der Waals surface area contributed by atoms with Crippen LogP contribution in [-0.2, 0) is 10.3 Å². The lowest BCUT2D eigenvalue weighted by molar-refractivity contribution is 0.0922. The molecule has 22 heavy (non-hydrogen) atoms. The molecule has 3 N–H and O–H groups in total. The minimum absolute atomic E-state index is 0.0846. The van der Waals surface area contributed by atoms with Crippen molar-refractivity contribution >= 4 is 22.8 Å². The molecule has 2 rings (SSSR count). The predicted molar refractivity (Wildman–Crippen MR) is 91.3 cm³/mol. The molecule has 1 unspecified atom stereocenters. The second-order valence-corrected chi connectivity index (χ2v) is 6.47. The van der Waals surface area contributed by atoms with Crippen molar-refractivity contribution in [2.75, 3.05) is 25.5 Å². The average molecular weight is 321 g/mol. The summed E-state index contributed by atoms with van der Waals surface area (Å²) in [7, 11) is 0. The Morgan fingerprint density at radius 2 is 2.18 bits per heavy atom. The lowest BCUT2D eigenvalue weighted by Gasteiger charge is -2.29. The first-order chi connectivity index (χ1) is 10.5. The van der Waals surface area contributed by atoms with Crippen molar-refractivity contribution in [2.24, 2.45) is 10.7 Å². The quantitative estimate of drug-likeness (QED) is 0.787. The second-order valence-electron chi connectivity index (χ2n) is 5.35. The lowest BCUT2D eigenvalue weighted by Crippen LogP contribution is -2.29. The number of nitrogens with zero attached hydrogens (tertiary/aromatic N) is 1. The molecule has 1 aliphatic rings. The number of aliphatic imine (C=N–C) groups is 1. The summed E-state index contributed by atoms with van der Waals surface area (Å²) in [5.74, 6) is 0.879. The Balaban J connectivity index is 2.01. The van der Waals surface area contributed by atoms with Gasteiger partial charge in [-0.1, -0.05) is 23.9 Å². The summed E-state index contributed by atoms with van der Waals surface area (Å²) in [6, 6.07) is 7.60. The van der Waals surface area contributed by atoms with Crippen LogP contribution in [0, 0.1) is 0 Å². The highest BCUT2D eigenvalue weighted by Gasteiger charge is 2.29. The van der Waals surface area contributed by atoms with E-state index in [9.17, 15) is 4.79 Å². The van der Waals surface area contributed by atoms with Crippen molar-refractivity contribution < 1.29 is 9.53 Å². The third-order valence-corrected chi connectivity index (χ3v) is 4.50. The highest BCUT2D eigenvalue weighted by Crippen LogP contribution is 2.34. The van der Waals surface area contributed by atoms with E-state index >= 15 is 0 Å². The molecule has 0 spiro atoms. The number of carbonyl (C=O) groups is 1. The van der Waals surface area contributed by atoms with E-state index in [4.69, 9.17) is 10.5 Å². The van der Waals surface area contributed by atoms with Gasteiger partial charge >= 0.3 is 0 Å². The largest absolute Gasteiger partial charge is 0.380 e. The van der Waals surface area contributed by atoms with Gasteiger partial charge in [-0.05, 0) is 38.0 Å². The van der Waals surface area contributed by atoms with Gasteiger partial charge in [0.05, 0.1) is 12.1 Å². The number of rotatable bonds is 6. The Bertz CT molecular complexity index is 545. The smallest absolute Gasteiger partial charge is 0.251 e. The van der Waals surface area contributed by atoms with Crippen molar-refractivity contribution in [2.45, 2.75) is 25.8 Å². The Kier molecular flexibility index (Phi) is 5.85. The molecule has 0 aromatic heterocycles. The molecule has 0 saturated heterocycles. The van der Waals surface area contributed by atoms with E-state index in [0.29, 0.717) is 30.5 Å². The normalized spacial score (nSPS) is 21.3. The van der Waals surface area contributed by atoms with Gasteiger partial charge < -0.3 is 15.8 Å². The first-order valence-corrected chi connectivity index (χ1v) is 8.48. The number of benzene rings is 1. The van der Waals surface area contributed by atoms with Crippen molar-refractivity contribution in [1.82, 2.24) is 5.32 Å². The van der Waals surface area contributed by atoms with Crippen molar-refractivity contribution in [3.05, 3.63) is 35.4 Å². The van der Waals surface area contributed by atoms with Gasteiger partial charge in [0.25, 0.3) is 5.91 Å². The summed E-state index contributed by atoms with van der Waals surface area (Å²) >= 11 is 1.59. The summed E-state index contributed by atoms with van der Waals surface area (Å²) in [6.07, 6.45) is 0.943. The molecular formula is C16H23N3O2S. The van der Waals surface area contributed by atoms with Crippen LogP contribution in [0.3, 0.4) is 0 Å². The number of hydrogen-bond donors (Lipinski definition) is 2. The Morgan fingerprint density at radius 1 is 1.45 bits per heavy atom. The van der Waals surface area contributed by atoms with Crippen LogP contribution in [0.15, 0.2) is 29.3 Å². The maximum Gasteiger partial charge on any atom is 0.251 e. The number of nitrogens with two attached hydrogens (primary N) is 1. The third kappa shape index (κ3) is 4.24. The van der Waals surface area contributed by atoms with Gasteiger partial charge in [0.1, 0.15) is 0 Å². The second kappa shape index (κ2) is 7.65. The van der Waals surface area contributed by atoms with Gasteiger partial charge in [0.2, 0.25) is 0 Å². The number of carbonyl (C=O) groups excluding carboxylic acids is 1. The zero-order chi connectivity index (χ0) is 16.0. The van der Waals surface area contributed by atoms with Crippen molar-refractivity contribution in [3.63, 3.8) is 0 Å². The number of nitrogens with one attached hydrogen (secondary N) is 1. The molecule has 1 atom stereocenters. The molecule has 1 heterocycles. The van der Waals surface area contributed by atoms with Crippen LogP contribution in [-0.4, -0.2) is 36.6 Å². The van der Waals surface area contributed by atoms with E-state index < -0.39 is 0 Å². The molecule has 0 bridgehead atoms. The summed E-state index contributed by atoms with van der Waals surface area (Å²) < 4.78 is 5.20. The topological polar surface area (TPSA) is 76.7 Å². The fourth-order valence-corrected chi connectivity index (χ4v) is 3.33. The molecule has 1 aromatic carbocycles. The molecule has 0 aliphatic carbocycles. The van der Waals surface area contributed by atoms with Crippen LogP contribution in [0.25, 0.3) is 0 Å². The minimum Gasteiger partial charge on any atom is -0.380 e. The summed E-state index contributed by atoms with van der Waals surface area (Å²) in [6.45, 7) is 5.72. The number of thioether (sulfide) groups is 1. The van der Waals surface area contributed by atoms with Crippen molar-refractivity contribution in [3.8, 4) is 0 Å². The van der Waals surface area contributed by atoms with Gasteiger partial charge in [0, 0.05) is 24.5 Å². The van der Waals surface area contributed by atoms with E-state index in [-0.39, 0.29) is 11.4 Å². The van der Waals surface area contributed by atoms with E-state index in [2.05, 4.69) is 17.2 Å². The lowest BCUT2D eigenvalue weighted by atomic mass is 9.89. The van der Waals surface area contributed by atoms with Crippen LogP contribution in [0.1, 0.15) is 36.2 Å². The van der Waals surface area contributed by atoms with E-state index in [1.54, 1.807) is 11.8 Å². The fourth-order valence-electron chi connectivity index (χ4n) is 2.36. The van der Waals surface area contributed by atoms with Crippen LogP contribution in [0.4, 0.5) is 0 Å². The first kappa shape index (κ1) is 16.8. The zero-order valence-corrected chi connectivity index (χ0v) is 13.9. The van der Waals surface area contributed by atoms with Crippen LogP contribution >= 0.6 is 11.8 Å². The molecule has 0 radical (unpaired) electrons. The SMILES string of the molecule is CCOCCNC(=O)c1ccc(C2(C)CCSC(N)=N2)cc1. The van der Waals surface area contributed by atoms with Gasteiger partial charge in [-0.15, -0.1) is 0 Å². The Hall–Kier alpha value is -1.53. The highest BCUT2D eigenvalue weighted by molar-refractivity contribution is 8.13. The molecule has 5 nitrogen and oxygen atoms in total. The first-order valence-electron chi connectivity index (χ1n) is 7.50. The molecule has 120 valence electrons. The molecule has 0 saturated carbocycles. The van der Waals surface area contributed by atoms with Gasteiger partial charge in [0.15, 0.2) is 5.17 Å². The monoisotopic (exact) mass is 321 g/mol. The third-order valence-electron chi connectivity index (χ3n) is 3.70. The highest BCUT2D eigenvalue weighted by atomic mass is 32.2. The summed E-state index contributed by atoms with van der Waals surface area (Å²) in [4.78, 5) is 16.6. The molecular weight excluding hydrogens is 298 g/mol. The van der Waals surface area contributed by atoms with Crippen molar-refractivity contribution in [1.29, 1.82) is 0 Å². The standard InChI is InChI=1S/C16H23N3O2S/c1-3-21-10-9-18-14(20)12-4-6-13(7-5-12)16(2)8-11-22-15(17)19-16/h4-7H,3,8-11H2,1-2H3,(H2,17,19)(H,18,20). The van der Waals surface area contributed by atoms with Crippen LogP contribution < -0.4 is 11.1 Å². The van der Waals surface area contributed by atoms with E-state index in [0.717, 1.165) is 17.7 Å². The summed E-state index contributed by atoms with van der Waals surface area (Å²) in [5.41, 5.74) is 7.28. The number of ether oxygens (including phenoxy) is 1. The predicted octanol–water partition coefficient (Wildman–Crippen LogP) is 2.12. The van der Waals surface area contributed by atoms with E-state index in [1.807, 2.05) is 31.2 Å². The van der Waals surface area contributed by atoms with Crippen LogP contribution in [0.5, 0.6) is 0 Å². The minimum atomic E-state index is -0.292. The molecule has 1 amide bonds. The molecule has 1 aromatic rings. The fraction of sp³-hybridized carbons (Fsp3) is 0.500. The Morgan fingerprint density at radius 3 is 2.82 bits per heavy atom. The maximum atomic E-state index is 12.0.